The van der Waals surface area contributed by atoms with Crippen molar-refractivity contribution in [2.75, 3.05) is 0 Å². The lowest BCUT2D eigenvalue weighted by molar-refractivity contribution is 0.529. The number of benzene rings is 1. The third-order valence-electron chi connectivity index (χ3n) is 2.06. The molecule has 0 spiro atoms. The molecule has 7 heteroatoms. The quantitative estimate of drug-likeness (QED) is 0.703. The van der Waals surface area contributed by atoms with Gasteiger partial charge in [0, 0.05) is 18.2 Å². The van der Waals surface area contributed by atoms with E-state index in [-0.39, 0.29) is 12.1 Å². The molecule has 90 valence electrons. The molecule has 0 aliphatic carbocycles. The highest BCUT2D eigenvalue weighted by Crippen LogP contribution is 2.19. The Morgan fingerprint density at radius 3 is 2.38 bits per heavy atom. The number of halogens is 2. The Morgan fingerprint density at radius 1 is 1.50 bits per heavy atom. The van der Waals surface area contributed by atoms with Gasteiger partial charge in [0.1, 0.15) is 11.6 Å². The third-order valence-corrected chi connectivity index (χ3v) is 2.45. The Balaban J connectivity index is 2.98. The molecule has 1 rings (SSSR count). The average molecular weight is 250 g/mol. The molecule has 0 heterocycles. The van der Waals surface area contributed by atoms with Crippen molar-refractivity contribution in [2.24, 2.45) is 5.73 Å². The summed E-state index contributed by atoms with van der Waals surface area (Å²) in [5.74, 6) is -1.57. The molecule has 4 nitrogen and oxygen atoms in total. The summed E-state index contributed by atoms with van der Waals surface area (Å²) in [6.07, 6.45) is 0. The zero-order valence-electron chi connectivity index (χ0n) is 8.54. The van der Waals surface area contributed by atoms with Gasteiger partial charge in [-0.25, -0.2) is 17.7 Å². The first kappa shape index (κ1) is 13.2. The van der Waals surface area contributed by atoms with Crippen LogP contribution in [0.1, 0.15) is 24.1 Å². The Bertz CT molecular complexity index is 389. The molecule has 16 heavy (non-hydrogen) atoms. The molecular weight excluding hydrogens is 238 g/mol. The van der Waals surface area contributed by atoms with E-state index in [4.69, 9.17) is 10.3 Å². The Hall–Kier alpha value is -0.890. The summed E-state index contributed by atoms with van der Waals surface area (Å²) in [6, 6.07) is 1.76. The van der Waals surface area contributed by atoms with Crippen LogP contribution in [0.25, 0.3) is 0 Å². The minimum absolute atomic E-state index is 0.285. The first-order chi connectivity index (χ1) is 7.41. The van der Waals surface area contributed by atoms with Crippen molar-refractivity contribution in [3.05, 3.63) is 34.9 Å². The molecule has 0 saturated heterocycles. The number of nitrogens with two attached hydrogens (primary N) is 1. The van der Waals surface area contributed by atoms with Gasteiger partial charge in [0.05, 0.1) is 0 Å². The maximum Gasteiger partial charge on any atom is 0.232 e. The highest BCUT2D eigenvalue weighted by molar-refractivity contribution is 7.77. The Labute approximate surface area is 94.3 Å². The SMILES string of the molecule is C[C@@H](N)c1cc(F)c(CNS(=O)O)c(F)c1. The first-order valence-electron chi connectivity index (χ1n) is 4.49. The standard InChI is InChI=1S/C9H12F2N2O2S/c1-5(12)6-2-8(10)7(9(11)3-6)4-13-16(14)15/h2-3,5,13H,4,12H2,1H3,(H,14,15)/t5-/m1/s1. The van der Waals surface area contributed by atoms with Gasteiger partial charge in [0.25, 0.3) is 0 Å². The van der Waals surface area contributed by atoms with Crippen LogP contribution in [0.15, 0.2) is 12.1 Å². The van der Waals surface area contributed by atoms with Crippen molar-refractivity contribution in [1.29, 1.82) is 0 Å². The molecule has 4 N–H and O–H groups in total. The van der Waals surface area contributed by atoms with E-state index < -0.39 is 28.9 Å². The molecule has 0 aliphatic heterocycles. The number of hydrogen-bond donors (Lipinski definition) is 3. The zero-order chi connectivity index (χ0) is 12.3. The molecule has 0 aromatic heterocycles. The fourth-order valence-corrected chi connectivity index (χ4v) is 1.46. The van der Waals surface area contributed by atoms with E-state index in [2.05, 4.69) is 0 Å². The molecule has 0 radical (unpaired) electrons. The summed E-state index contributed by atoms with van der Waals surface area (Å²) in [6.45, 7) is 1.24. The maximum absolute atomic E-state index is 13.4. The fourth-order valence-electron chi connectivity index (χ4n) is 1.19. The van der Waals surface area contributed by atoms with Crippen molar-refractivity contribution in [3.63, 3.8) is 0 Å². The summed E-state index contributed by atoms with van der Waals surface area (Å²) < 4.78 is 47.6. The largest absolute Gasteiger partial charge is 0.324 e. The summed E-state index contributed by atoms with van der Waals surface area (Å²) in [5, 5.41) is 0. The summed E-state index contributed by atoms with van der Waals surface area (Å²) in [4.78, 5) is 0. The van der Waals surface area contributed by atoms with E-state index in [1.807, 2.05) is 4.72 Å². The minimum Gasteiger partial charge on any atom is -0.324 e. The van der Waals surface area contributed by atoms with Crippen LogP contribution in [0.3, 0.4) is 0 Å². The highest BCUT2D eigenvalue weighted by Gasteiger charge is 2.13. The Kier molecular flexibility index (Phi) is 4.48. The number of hydrogen-bond acceptors (Lipinski definition) is 2. The number of nitrogens with one attached hydrogen (secondary N) is 1. The van der Waals surface area contributed by atoms with Gasteiger partial charge in [-0.1, -0.05) is 0 Å². The van der Waals surface area contributed by atoms with Crippen LogP contribution >= 0.6 is 0 Å². The van der Waals surface area contributed by atoms with Crippen molar-refractivity contribution in [3.8, 4) is 0 Å². The monoisotopic (exact) mass is 250 g/mol. The van der Waals surface area contributed by atoms with E-state index in [0.29, 0.717) is 5.56 Å². The van der Waals surface area contributed by atoms with E-state index in [0.717, 1.165) is 12.1 Å². The maximum atomic E-state index is 13.4. The van der Waals surface area contributed by atoms with Gasteiger partial charge < -0.3 is 5.73 Å². The van der Waals surface area contributed by atoms with Crippen molar-refractivity contribution in [2.45, 2.75) is 19.5 Å². The second kappa shape index (κ2) is 5.44. The van der Waals surface area contributed by atoms with Gasteiger partial charge in [-0.15, -0.1) is 0 Å². The van der Waals surface area contributed by atoms with Gasteiger partial charge in [0.15, 0.2) is 0 Å². The predicted molar refractivity (Wildman–Crippen MR) is 56.6 cm³/mol. The molecule has 1 unspecified atom stereocenters. The van der Waals surface area contributed by atoms with Crippen LogP contribution in [0.2, 0.25) is 0 Å². The van der Waals surface area contributed by atoms with Crippen molar-refractivity contribution in [1.82, 2.24) is 4.72 Å². The normalized spacial score (nSPS) is 14.8. The molecule has 0 fully saturated rings. The molecule has 0 amide bonds. The van der Waals surface area contributed by atoms with Crippen LogP contribution in [0.5, 0.6) is 0 Å². The third kappa shape index (κ3) is 3.31. The lowest BCUT2D eigenvalue weighted by Gasteiger charge is -2.10. The Morgan fingerprint density at radius 2 is 2.00 bits per heavy atom. The van der Waals surface area contributed by atoms with Crippen LogP contribution in [-0.2, 0) is 17.8 Å². The van der Waals surface area contributed by atoms with Crippen LogP contribution in [-0.4, -0.2) is 8.76 Å². The second-order valence-electron chi connectivity index (χ2n) is 3.32. The summed E-state index contributed by atoms with van der Waals surface area (Å²) in [5.41, 5.74) is 5.54. The van der Waals surface area contributed by atoms with Gasteiger partial charge in [-0.3, -0.25) is 4.55 Å². The molecule has 0 aliphatic rings. The minimum atomic E-state index is -2.30. The summed E-state index contributed by atoms with van der Waals surface area (Å²) >= 11 is -2.30. The van der Waals surface area contributed by atoms with Crippen LogP contribution in [0.4, 0.5) is 8.78 Å². The molecule has 0 saturated carbocycles. The molecule has 1 aromatic rings. The van der Waals surface area contributed by atoms with E-state index in [1.54, 1.807) is 6.92 Å². The first-order valence-corrected chi connectivity index (χ1v) is 5.60. The lowest BCUT2D eigenvalue weighted by Crippen LogP contribution is -2.18. The number of rotatable bonds is 4. The van der Waals surface area contributed by atoms with Gasteiger partial charge in [-0.2, -0.15) is 0 Å². The fraction of sp³-hybridized carbons (Fsp3) is 0.333. The predicted octanol–water partition coefficient (Wildman–Crippen LogP) is 1.21. The molecule has 2 atom stereocenters. The van der Waals surface area contributed by atoms with Crippen LogP contribution < -0.4 is 10.5 Å². The topological polar surface area (TPSA) is 75.3 Å². The zero-order valence-corrected chi connectivity index (χ0v) is 9.35. The molecule has 0 bridgehead atoms. The summed E-state index contributed by atoms with van der Waals surface area (Å²) in [7, 11) is 0. The van der Waals surface area contributed by atoms with E-state index >= 15 is 0 Å². The lowest BCUT2D eigenvalue weighted by atomic mass is 10.1. The van der Waals surface area contributed by atoms with Gasteiger partial charge >= 0.3 is 0 Å². The van der Waals surface area contributed by atoms with Gasteiger partial charge in [0.2, 0.25) is 11.3 Å². The smallest absolute Gasteiger partial charge is 0.232 e. The average Bonchev–Trinajstić information content (AvgIpc) is 2.15. The van der Waals surface area contributed by atoms with Crippen molar-refractivity contribution < 1.29 is 17.5 Å². The van der Waals surface area contributed by atoms with E-state index in [1.165, 1.54) is 0 Å². The molecular formula is C9H12F2N2O2S. The second-order valence-corrected chi connectivity index (χ2v) is 4.11. The molecule has 1 aromatic carbocycles. The van der Waals surface area contributed by atoms with E-state index in [9.17, 15) is 13.0 Å². The highest BCUT2D eigenvalue weighted by atomic mass is 32.2. The van der Waals surface area contributed by atoms with Crippen molar-refractivity contribution >= 4 is 11.3 Å². The van der Waals surface area contributed by atoms with Crippen LogP contribution in [0, 0.1) is 11.6 Å². The van der Waals surface area contributed by atoms with Gasteiger partial charge in [-0.05, 0) is 24.6 Å².